The number of carbonyl (C=O) groups is 1. The van der Waals surface area contributed by atoms with Crippen molar-refractivity contribution in [3.05, 3.63) is 53.3 Å². The van der Waals surface area contributed by atoms with Gasteiger partial charge in [-0.3, -0.25) is 4.90 Å². The first-order valence-electron chi connectivity index (χ1n) is 11.1. The number of halogens is 1. The average Bonchev–Trinajstić information content (AvgIpc) is 3.40. The van der Waals surface area contributed by atoms with Crippen molar-refractivity contribution < 1.29 is 18.8 Å². The lowest BCUT2D eigenvalue weighted by atomic mass is 10.1. The topological polar surface area (TPSA) is 103 Å². The standard InChI is InChI=1S/C24H28ClN5O4/c1-14(18-12-20(34-29-18)16-6-8-17(25)9-7-16)27-22-26-11-10-21(28-22)30-19(13-32-23(30)31)15(2)33-24(3,4)5/h6-12,14-15,19H,13H2,1-5H3,(H,26,27,28)/t14-,15+,19+/m0/s1. The van der Waals surface area contributed by atoms with Crippen molar-refractivity contribution in [3.8, 4) is 11.3 Å². The zero-order valence-corrected chi connectivity index (χ0v) is 20.5. The van der Waals surface area contributed by atoms with Crippen LogP contribution in [0.5, 0.6) is 0 Å². The molecule has 1 aromatic carbocycles. The van der Waals surface area contributed by atoms with Crippen LogP contribution in [0.3, 0.4) is 0 Å². The van der Waals surface area contributed by atoms with Gasteiger partial charge in [0.05, 0.1) is 17.7 Å². The number of ether oxygens (including phenoxy) is 2. The van der Waals surface area contributed by atoms with Crippen molar-refractivity contribution in [2.24, 2.45) is 0 Å². The predicted molar refractivity (Wildman–Crippen MR) is 129 cm³/mol. The summed E-state index contributed by atoms with van der Waals surface area (Å²) >= 11 is 5.96. The molecule has 0 unspecified atom stereocenters. The van der Waals surface area contributed by atoms with E-state index in [2.05, 4.69) is 20.4 Å². The minimum Gasteiger partial charge on any atom is -0.447 e. The summed E-state index contributed by atoms with van der Waals surface area (Å²) in [4.78, 5) is 22.9. The van der Waals surface area contributed by atoms with Gasteiger partial charge in [0.15, 0.2) is 5.76 Å². The molecule has 0 saturated carbocycles. The zero-order chi connectivity index (χ0) is 24.5. The smallest absolute Gasteiger partial charge is 0.416 e. The summed E-state index contributed by atoms with van der Waals surface area (Å²) in [5.74, 6) is 1.41. The van der Waals surface area contributed by atoms with Gasteiger partial charge in [0.25, 0.3) is 0 Å². The zero-order valence-electron chi connectivity index (χ0n) is 19.8. The quantitative estimate of drug-likeness (QED) is 0.468. The number of nitrogens with one attached hydrogen (secondary N) is 1. The van der Waals surface area contributed by atoms with Crippen LogP contribution in [0, 0.1) is 0 Å². The van der Waals surface area contributed by atoms with Crippen LogP contribution in [0.4, 0.5) is 16.6 Å². The highest BCUT2D eigenvalue weighted by Gasteiger charge is 2.40. The van der Waals surface area contributed by atoms with E-state index in [1.165, 1.54) is 4.90 Å². The molecule has 0 radical (unpaired) electrons. The molecule has 1 fully saturated rings. The van der Waals surface area contributed by atoms with Gasteiger partial charge in [0.2, 0.25) is 5.95 Å². The van der Waals surface area contributed by atoms with E-state index < -0.39 is 6.09 Å². The Balaban J connectivity index is 1.49. The number of carbonyl (C=O) groups excluding carboxylic acids is 1. The Kier molecular flexibility index (Phi) is 6.77. The number of amides is 1. The van der Waals surface area contributed by atoms with Crippen LogP contribution in [-0.2, 0) is 9.47 Å². The molecule has 3 atom stereocenters. The molecule has 0 bridgehead atoms. The summed E-state index contributed by atoms with van der Waals surface area (Å²) in [5.41, 5.74) is 1.20. The largest absolute Gasteiger partial charge is 0.447 e. The van der Waals surface area contributed by atoms with Gasteiger partial charge in [-0.25, -0.2) is 9.78 Å². The van der Waals surface area contributed by atoms with Crippen LogP contribution in [0.1, 0.15) is 46.4 Å². The molecule has 180 valence electrons. The maximum Gasteiger partial charge on any atom is 0.416 e. The van der Waals surface area contributed by atoms with Crippen molar-refractivity contribution in [1.82, 2.24) is 15.1 Å². The highest BCUT2D eigenvalue weighted by molar-refractivity contribution is 6.30. The molecule has 34 heavy (non-hydrogen) atoms. The summed E-state index contributed by atoms with van der Waals surface area (Å²) in [6, 6.07) is 10.3. The molecule has 9 nitrogen and oxygen atoms in total. The molecular weight excluding hydrogens is 458 g/mol. The number of benzene rings is 1. The number of aromatic nitrogens is 3. The Morgan fingerprint density at radius 3 is 2.65 bits per heavy atom. The van der Waals surface area contributed by atoms with Gasteiger partial charge in [-0.05, 0) is 65.0 Å². The molecule has 3 heterocycles. The van der Waals surface area contributed by atoms with E-state index in [1.807, 2.05) is 52.8 Å². The molecule has 1 N–H and O–H groups in total. The molecule has 10 heteroatoms. The van der Waals surface area contributed by atoms with Crippen LogP contribution in [0.2, 0.25) is 5.02 Å². The number of hydrogen-bond acceptors (Lipinski definition) is 8. The van der Waals surface area contributed by atoms with Crippen LogP contribution in [0.25, 0.3) is 11.3 Å². The Bertz CT molecular complexity index is 1140. The van der Waals surface area contributed by atoms with E-state index in [9.17, 15) is 4.79 Å². The Labute approximate surface area is 203 Å². The number of anilines is 2. The third-order valence-electron chi connectivity index (χ3n) is 5.32. The molecule has 3 aromatic rings. The lowest BCUT2D eigenvalue weighted by Crippen LogP contribution is -2.45. The van der Waals surface area contributed by atoms with Crippen LogP contribution >= 0.6 is 11.6 Å². The Morgan fingerprint density at radius 2 is 1.94 bits per heavy atom. The minimum absolute atomic E-state index is 0.228. The van der Waals surface area contributed by atoms with Crippen molar-refractivity contribution in [1.29, 1.82) is 0 Å². The van der Waals surface area contributed by atoms with Crippen molar-refractivity contribution in [3.63, 3.8) is 0 Å². The molecule has 2 aromatic heterocycles. The summed E-state index contributed by atoms with van der Waals surface area (Å²) in [7, 11) is 0. The van der Waals surface area contributed by atoms with Crippen LogP contribution in [-0.4, -0.2) is 45.6 Å². The second kappa shape index (κ2) is 9.60. The summed E-state index contributed by atoms with van der Waals surface area (Å²) in [6.07, 6.45) is 0.881. The van der Waals surface area contributed by atoms with E-state index in [0.29, 0.717) is 28.2 Å². The fourth-order valence-electron chi connectivity index (χ4n) is 3.74. The fourth-order valence-corrected chi connectivity index (χ4v) is 3.87. The summed E-state index contributed by atoms with van der Waals surface area (Å²) < 4.78 is 16.9. The van der Waals surface area contributed by atoms with Gasteiger partial charge < -0.3 is 19.3 Å². The highest BCUT2D eigenvalue weighted by atomic mass is 35.5. The Morgan fingerprint density at radius 1 is 1.21 bits per heavy atom. The number of cyclic esters (lactones) is 1. The molecule has 0 aliphatic carbocycles. The molecule has 1 aliphatic rings. The molecule has 4 rings (SSSR count). The fraction of sp³-hybridized carbons (Fsp3) is 0.417. The first-order valence-corrected chi connectivity index (χ1v) is 11.4. The van der Waals surface area contributed by atoms with Crippen molar-refractivity contribution >= 4 is 29.5 Å². The van der Waals surface area contributed by atoms with Gasteiger partial charge >= 0.3 is 6.09 Å². The van der Waals surface area contributed by atoms with Gasteiger partial charge in [0.1, 0.15) is 24.2 Å². The van der Waals surface area contributed by atoms with E-state index in [4.69, 9.17) is 25.6 Å². The van der Waals surface area contributed by atoms with E-state index in [-0.39, 0.29) is 30.4 Å². The second-order valence-electron chi connectivity index (χ2n) is 9.18. The lowest BCUT2D eigenvalue weighted by molar-refractivity contribution is -0.0618. The summed E-state index contributed by atoms with van der Waals surface area (Å²) in [6.45, 7) is 10.00. The third kappa shape index (κ3) is 5.48. The van der Waals surface area contributed by atoms with E-state index in [1.54, 1.807) is 24.4 Å². The van der Waals surface area contributed by atoms with E-state index >= 15 is 0 Å². The number of nitrogens with zero attached hydrogens (tertiary/aromatic N) is 4. The minimum atomic E-state index is -0.462. The molecule has 1 amide bonds. The average molecular weight is 486 g/mol. The maximum atomic E-state index is 12.5. The monoisotopic (exact) mass is 485 g/mol. The van der Waals surface area contributed by atoms with Gasteiger partial charge in [-0.2, -0.15) is 4.98 Å². The molecule has 0 spiro atoms. The number of hydrogen-bond donors (Lipinski definition) is 1. The summed E-state index contributed by atoms with van der Waals surface area (Å²) in [5, 5.41) is 8.03. The third-order valence-corrected chi connectivity index (χ3v) is 5.57. The normalized spacial score (nSPS) is 18.0. The number of rotatable bonds is 7. The van der Waals surface area contributed by atoms with Crippen LogP contribution < -0.4 is 10.2 Å². The second-order valence-corrected chi connectivity index (χ2v) is 9.61. The molecule has 1 aliphatic heterocycles. The van der Waals surface area contributed by atoms with Crippen molar-refractivity contribution in [2.75, 3.05) is 16.8 Å². The first-order chi connectivity index (χ1) is 16.1. The van der Waals surface area contributed by atoms with Gasteiger partial charge in [-0.1, -0.05) is 16.8 Å². The maximum absolute atomic E-state index is 12.5. The molecular formula is C24H28ClN5O4. The van der Waals surface area contributed by atoms with Crippen LogP contribution in [0.15, 0.2) is 47.1 Å². The van der Waals surface area contributed by atoms with Gasteiger partial charge in [-0.15, -0.1) is 0 Å². The highest BCUT2D eigenvalue weighted by Crippen LogP contribution is 2.28. The van der Waals surface area contributed by atoms with Gasteiger partial charge in [0, 0.05) is 22.8 Å². The van der Waals surface area contributed by atoms with E-state index in [0.717, 1.165) is 5.56 Å². The SMILES string of the molecule is C[C@H](Nc1nccc(N2C(=O)OC[C@@H]2[C@@H](C)OC(C)(C)C)n1)c1cc(-c2ccc(Cl)cc2)on1. The predicted octanol–water partition coefficient (Wildman–Crippen LogP) is 5.49. The van der Waals surface area contributed by atoms with Crippen molar-refractivity contribution in [2.45, 2.75) is 58.4 Å². The first kappa shape index (κ1) is 24.0. The Hall–Kier alpha value is -3.17. The lowest BCUT2D eigenvalue weighted by Gasteiger charge is -2.31. The molecule has 1 saturated heterocycles.